The Morgan fingerprint density at radius 1 is 1.20 bits per heavy atom. The van der Waals surface area contributed by atoms with Gasteiger partial charge in [-0.3, -0.25) is 0 Å². The summed E-state index contributed by atoms with van der Waals surface area (Å²) >= 11 is 0. The van der Waals surface area contributed by atoms with Crippen LogP contribution in [0.25, 0.3) is 0 Å². The van der Waals surface area contributed by atoms with Crippen molar-refractivity contribution in [2.75, 3.05) is 0 Å². The molecule has 0 aromatic carbocycles. The van der Waals surface area contributed by atoms with Gasteiger partial charge in [-0.25, -0.2) is 0 Å². The van der Waals surface area contributed by atoms with Crippen molar-refractivity contribution < 1.29 is 0 Å². The van der Waals surface area contributed by atoms with Gasteiger partial charge in [-0.05, 0) is 44.9 Å². The van der Waals surface area contributed by atoms with Crippen LogP contribution in [0.15, 0.2) is 12.2 Å². The van der Waals surface area contributed by atoms with Crippen molar-refractivity contribution >= 4 is 0 Å². The van der Waals surface area contributed by atoms with Crippen LogP contribution < -0.4 is 5.73 Å². The predicted octanol–water partition coefficient (Wildman–Crippen LogP) is 4.13. The molecular formula is C14H29N. The molecule has 2 N–H and O–H groups in total. The van der Waals surface area contributed by atoms with E-state index in [4.69, 9.17) is 5.73 Å². The first-order chi connectivity index (χ1) is 6.90. The van der Waals surface area contributed by atoms with E-state index in [1.54, 1.807) is 0 Å². The molecule has 0 rings (SSSR count). The van der Waals surface area contributed by atoms with Crippen molar-refractivity contribution in [3.63, 3.8) is 0 Å². The van der Waals surface area contributed by atoms with E-state index in [9.17, 15) is 0 Å². The third kappa shape index (κ3) is 7.61. The van der Waals surface area contributed by atoms with E-state index in [1.165, 1.54) is 12.8 Å². The molecule has 15 heavy (non-hydrogen) atoms. The molecular weight excluding hydrogens is 182 g/mol. The molecule has 0 spiro atoms. The van der Waals surface area contributed by atoms with Crippen molar-refractivity contribution in [3.8, 4) is 0 Å². The summed E-state index contributed by atoms with van der Waals surface area (Å²) in [6.45, 7) is 11.0. The Kier molecular flexibility index (Phi) is 6.91. The third-order valence-corrected chi connectivity index (χ3v) is 3.02. The summed E-state index contributed by atoms with van der Waals surface area (Å²) in [6.07, 6.45) is 9.32. The molecule has 0 saturated carbocycles. The Hall–Kier alpha value is -0.300. The Balaban J connectivity index is 4.10. The first-order valence-corrected chi connectivity index (χ1v) is 6.34. The molecule has 0 amide bonds. The fourth-order valence-electron chi connectivity index (χ4n) is 2.24. The van der Waals surface area contributed by atoms with Gasteiger partial charge in [-0.2, -0.15) is 0 Å². The lowest BCUT2D eigenvalue weighted by Crippen LogP contribution is -2.35. The van der Waals surface area contributed by atoms with Crippen molar-refractivity contribution in [3.05, 3.63) is 12.2 Å². The van der Waals surface area contributed by atoms with E-state index >= 15 is 0 Å². The lowest BCUT2D eigenvalue weighted by Gasteiger charge is -2.28. The van der Waals surface area contributed by atoms with Gasteiger partial charge in [0.25, 0.3) is 0 Å². The fourth-order valence-corrected chi connectivity index (χ4v) is 2.24. The fraction of sp³-hybridized carbons (Fsp3) is 0.857. The minimum Gasteiger partial charge on any atom is -0.326 e. The van der Waals surface area contributed by atoms with E-state index in [2.05, 4.69) is 46.8 Å². The molecule has 0 aromatic rings. The molecule has 0 radical (unpaired) electrons. The summed E-state index contributed by atoms with van der Waals surface area (Å²) in [5.74, 6) is 1.51. The molecule has 0 heterocycles. The lowest BCUT2D eigenvalue weighted by atomic mass is 9.81. The van der Waals surface area contributed by atoms with E-state index in [0.717, 1.165) is 24.7 Å². The van der Waals surface area contributed by atoms with Crippen molar-refractivity contribution in [1.82, 2.24) is 0 Å². The van der Waals surface area contributed by atoms with E-state index in [1.807, 2.05) is 0 Å². The van der Waals surface area contributed by atoms with Crippen LogP contribution in [0.1, 0.15) is 60.3 Å². The summed E-state index contributed by atoms with van der Waals surface area (Å²) in [7, 11) is 0. The molecule has 0 saturated heterocycles. The number of hydrogen-bond donors (Lipinski definition) is 1. The highest BCUT2D eigenvalue weighted by atomic mass is 14.7. The predicted molar refractivity (Wildman–Crippen MR) is 69.9 cm³/mol. The minimum atomic E-state index is -0.0265. The molecule has 0 aromatic heterocycles. The van der Waals surface area contributed by atoms with Gasteiger partial charge in [0.1, 0.15) is 0 Å². The maximum absolute atomic E-state index is 6.07. The average molecular weight is 211 g/mol. The second kappa shape index (κ2) is 7.05. The zero-order valence-electron chi connectivity index (χ0n) is 11.2. The molecule has 0 aliphatic heterocycles. The highest BCUT2D eigenvalue weighted by molar-refractivity contribution is 4.86. The van der Waals surface area contributed by atoms with Crippen LogP contribution in [0, 0.1) is 11.8 Å². The van der Waals surface area contributed by atoms with Crippen molar-refractivity contribution in [2.45, 2.75) is 65.8 Å². The number of rotatable bonds is 7. The van der Waals surface area contributed by atoms with Crippen LogP contribution >= 0.6 is 0 Å². The van der Waals surface area contributed by atoms with Crippen LogP contribution in [-0.2, 0) is 0 Å². The maximum atomic E-state index is 6.07. The summed E-state index contributed by atoms with van der Waals surface area (Å²) in [4.78, 5) is 0. The summed E-state index contributed by atoms with van der Waals surface area (Å²) < 4.78 is 0. The van der Waals surface area contributed by atoms with Crippen LogP contribution in [0.4, 0.5) is 0 Å². The van der Waals surface area contributed by atoms with Crippen molar-refractivity contribution in [1.29, 1.82) is 0 Å². The first kappa shape index (κ1) is 14.7. The van der Waals surface area contributed by atoms with Gasteiger partial charge in [-0.15, -0.1) is 0 Å². The van der Waals surface area contributed by atoms with E-state index < -0.39 is 0 Å². The highest BCUT2D eigenvalue weighted by Gasteiger charge is 2.21. The Morgan fingerprint density at radius 3 is 2.20 bits per heavy atom. The van der Waals surface area contributed by atoms with E-state index in [0.29, 0.717) is 0 Å². The van der Waals surface area contributed by atoms with Crippen LogP contribution in [0.5, 0.6) is 0 Å². The molecule has 90 valence electrons. The van der Waals surface area contributed by atoms with E-state index in [-0.39, 0.29) is 5.54 Å². The highest BCUT2D eigenvalue weighted by Crippen LogP contribution is 2.26. The normalized spacial score (nSPS) is 16.9. The van der Waals surface area contributed by atoms with Gasteiger partial charge in [0.2, 0.25) is 0 Å². The second-order valence-electron chi connectivity index (χ2n) is 5.45. The zero-order valence-corrected chi connectivity index (χ0v) is 11.2. The zero-order chi connectivity index (χ0) is 11.9. The topological polar surface area (TPSA) is 26.0 Å². The van der Waals surface area contributed by atoms with Gasteiger partial charge in [0, 0.05) is 5.54 Å². The SMILES string of the molecule is CC/C=C/CC(CC)C(C)CC(C)(C)N. The Labute approximate surface area is 96.1 Å². The summed E-state index contributed by atoms with van der Waals surface area (Å²) in [6, 6.07) is 0. The average Bonchev–Trinajstić information content (AvgIpc) is 2.09. The maximum Gasteiger partial charge on any atom is 0.00996 e. The largest absolute Gasteiger partial charge is 0.326 e. The molecule has 0 fully saturated rings. The quantitative estimate of drug-likeness (QED) is 0.629. The van der Waals surface area contributed by atoms with Crippen LogP contribution in [0.3, 0.4) is 0 Å². The number of hydrogen-bond acceptors (Lipinski definition) is 1. The molecule has 0 bridgehead atoms. The monoisotopic (exact) mass is 211 g/mol. The summed E-state index contributed by atoms with van der Waals surface area (Å²) in [5.41, 5.74) is 6.04. The van der Waals surface area contributed by atoms with Crippen molar-refractivity contribution in [2.24, 2.45) is 17.6 Å². The van der Waals surface area contributed by atoms with Gasteiger partial charge in [-0.1, -0.05) is 39.3 Å². The Bertz CT molecular complexity index is 176. The molecule has 2 atom stereocenters. The second-order valence-corrected chi connectivity index (χ2v) is 5.45. The molecule has 0 aliphatic rings. The molecule has 1 heteroatoms. The van der Waals surface area contributed by atoms with Gasteiger partial charge < -0.3 is 5.73 Å². The standard InChI is InChI=1S/C14H29N/c1-6-8-9-10-13(7-2)12(3)11-14(4,5)15/h8-9,12-13H,6-7,10-11,15H2,1-5H3/b9-8+. The molecule has 1 nitrogen and oxygen atoms in total. The van der Waals surface area contributed by atoms with Crippen LogP contribution in [-0.4, -0.2) is 5.54 Å². The first-order valence-electron chi connectivity index (χ1n) is 6.34. The minimum absolute atomic E-state index is 0.0265. The summed E-state index contributed by atoms with van der Waals surface area (Å²) in [5, 5.41) is 0. The number of nitrogens with two attached hydrogens (primary N) is 1. The molecule has 0 aliphatic carbocycles. The van der Waals surface area contributed by atoms with Gasteiger partial charge in [0.05, 0.1) is 0 Å². The molecule has 2 unspecified atom stereocenters. The smallest absolute Gasteiger partial charge is 0.00996 e. The van der Waals surface area contributed by atoms with Crippen LogP contribution in [0.2, 0.25) is 0 Å². The number of allylic oxidation sites excluding steroid dienone is 2. The van der Waals surface area contributed by atoms with Gasteiger partial charge >= 0.3 is 0 Å². The third-order valence-electron chi connectivity index (χ3n) is 3.02. The van der Waals surface area contributed by atoms with Gasteiger partial charge in [0.15, 0.2) is 0 Å². The Morgan fingerprint density at radius 2 is 1.80 bits per heavy atom. The lowest BCUT2D eigenvalue weighted by molar-refractivity contribution is 0.275.